The average molecular weight is 274 g/mol. The van der Waals surface area contributed by atoms with Gasteiger partial charge in [-0.25, -0.2) is 4.68 Å². The lowest BCUT2D eigenvalue weighted by molar-refractivity contribution is 0.0406. The van der Waals surface area contributed by atoms with Crippen LogP contribution in [0.2, 0.25) is 0 Å². The number of aromatic nitrogens is 3. The maximum absolute atomic E-state index is 10.7. The Kier molecular flexibility index (Phi) is 4.52. The van der Waals surface area contributed by atoms with Crippen LogP contribution in [0.1, 0.15) is 32.9 Å². The molecule has 1 aromatic heterocycles. The molecule has 2 rings (SSSR count). The van der Waals surface area contributed by atoms with Gasteiger partial charge in [0, 0.05) is 6.04 Å². The normalized spacial score (nSPS) is 14.4. The van der Waals surface area contributed by atoms with Gasteiger partial charge in [0.1, 0.15) is 5.60 Å². The summed E-state index contributed by atoms with van der Waals surface area (Å²) in [5, 5.41) is 22.0. The number of benzene rings is 1. The first-order valence-electron chi connectivity index (χ1n) is 6.93. The van der Waals surface area contributed by atoms with Crippen LogP contribution >= 0.6 is 0 Å². The maximum Gasteiger partial charge on any atom is 0.107 e. The van der Waals surface area contributed by atoms with Gasteiger partial charge in [-0.2, -0.15) is 0 Å². The topological polar surface area (TPSA) is 63.0 Å². The minimum Gasteiger partial charge on any atom is -0.384 e. The molecule has 5 nitrogen and oxygen atoms in total. The number of para-hydroxylation sites is 1. The van der Waals surface area contributed by atoms with E-state index >= 15 is 0 Å². The molecule has 0 saturated heterocycles. The zero-order valence-electron chi connectivity index (χ0n) is 12.2. The third-order valence-corrected chi connectivity index (χ3v) is 3.27. The highest BCUT2D eigenvalue weighted by Crippen LogP contribution is 2.25. The quantitative estimate of drug-likeness (QED) is 0.844. The molecule has 1 atom stereocenters. The number of hydrogen-bond acceptors (Lipinski definition) is 4. The monoisotopic (exact) mass is 274 g/mol. The van der Waals surface area contributed by atoms with Gasteiger partial charge in [-0.1, -0.05) is 37.3 Å². The van der Waals surface area contributed by atoms with E-state index in [-0.39, 0.29) is 0 Å². The Labute approximate surface area is 119 Å². The van der Waals surface area contributed by atoms with Gasteiger partial charge < -0.3 is 10.4 Å². The molecule has 5 heteroatoms. The summed E-state index contributed by atoms with van der Waals surface area (Å²) in [6.45, 7) is 6.72. The molecule has 1 heterocycles. The highest BCUT2D eigenvalue weighted by atomic mass is 16.3. The molecule has 1 unspecified atom stereocenters. The molecule has 2 aromatic rings. The molecular formula is C15H22N4O. The minimum atomic E-state index is -0.971. The van der Waals surface area contributed by atoms with Crippen LogP contribution in [0.15, 0.2) is 36.5 Å². The lowest BCUT2D eigenvalue weighted by atomic mass is 9.98. The van der Waals surface area contributed by atoms with Gasteiger partial charge in [0.25, 0.3) is 0 Å². The molecule has 0 aliphatic carbocycles. The van der Waals surface area contributed by atoms with Gasteiger partial charge >= 0.3 is 0 Å². The Morgan fingerprint density at radius 1 is 1.30 bits per heavy atom. The lowest BCUT2D eigenvalue weighted by Crippen LogP contribution is -2.32. The summed E-state index contributed by atoms with van der Waals surface area (Å²) in [7, 11) is 0. The summed E-state index contributed by atoms with van der Waals surface area (Å²) in [6.07, 6.45) is 2.23. The third kappa shape index (κ3) is 3.43. The van der Waals surface area contributed by atoms with E-state index < -0.39 is 5.60 Å². The van der Waals surface area contributed by atoms with Crippen LogP contribution in [0.25, 0.3) is 5.69 Å². The fourth-order valence-corrected chi connectivity index (χ4v) is 2.09. The molecule has 108 valence electrons. The summed E-state index contributed by atoms with van der Waals surface area (Å²) >= 11 is 0. The van der Waals surface area contributed by atoms with Crippen LogP contribution in [0.4, 0.5) is 0 Å². The van der Waals surface area contributed by atoms with Crippen molar-refractivity contribution in [2.45, 2.75) is 38.8 Å². The van der Waals surface area contributed by atoms with E-state index in [9.17, 15) is 5.11 Å². The second-order valence-corrected chi connectivity index (χ2v) is 5.50. The first-order chi connectivity index (χ1) is 9.50. The predicted octanol–water partition coefficient (Wildman–Crippen LogP) is 1.86. The molecule has 0 radical (unpaired) electrons. The Bertz CT molecular complexity index is 534. The highest BCUT2D eigenvalue weighted by molar-refractivity contribution is 5.32. The van der Waals surface area contributed by atoms with Crippen LogP contribution in [-0.4, -0.2) is 32.7 Å². The standard InChI is InChI=1S/C15H22N4O/c1-12(2)16-10-9-15(3,20)14-11-17-18-19(14)13-7-5-4-6-8-13/h4-8,11-12,16,20H,9-10H2,1-3H3. The molecule has 0 saturated carbocycles. The smallest absolute Gasteiger partial charge is 0.107 e. The van der Waals surface area contributed by atoms with Gasteiger partial charge in [0.2, 0.25) is 0 Å². The van der Waals surface area contributed by atoms with Crippen molar-refractivity contribution in [1.29, 1.82) is 0 Å². The molecule has 20 heavy (non-hydrogen) atoms. The number of rotatable bonds is 6. The number of nitrogens with one attached hydrogen (secondary N) is 1. The fourth-order valence-electron chi connectivity index (χ4n) is 2.09. The van der Waals surface area contributed by atoms with E-state index in [0.717, 1.165) is 12.2 Å². The minimum absolute atomic E-state index is 0.406. The van der Waals surface area contributed by atoms with E-state index in [1.807, 2.05) is 30.3 Å². The van der Waals surface area contributed by atoms with Crippen molar-refractivity contribution in [3.05, 3.63) is 42.2 Å². The Morgan fingerprint density at radius 2 is 2.00 bits per heavy atom. The Balaban J connectivity index is 2.18. The molecule has 0 bridgehead atoms. The van der Waals surface area contributed by atoms with E-state index in [4.69, 9.17) is 0 Å². The van der Waals surface area contributed by atoms with Crippen molar-refractivity contribution in [3.8, 4) is 5.69 Å². The SMILES string of the molecule is CC(C)NCCC(C)(O)c1cnnn1-c1ccccc1. The zero-order valence-corrected chi connectivity index (χ0v) is 12.2. The molecule has 2 N–H and O–H groups in total. The largest absolute Gasteiger partial charge is 0.384 e. The summed E-state index contributed by atoms with van der Waals surface area (Å²) < 4.78 is 1.69. The molecule has 0 amide bonds. The van der Waals surface area contributed by atoms with Crippen molar-refractivity contribution in [2.24, 2.45) is 0 Å². The van der Waals surface area contributed by atoms with Crippen molar-refractivity contribution < 1.29 is 5.11 Å². The number of nitrogens with zero attached hydrogens (tertiary/aromatic N) is 3. The summed E-state index contributed by atoms with van der Waals surface area (Å²) in [4.78, 5) is 0. The van der Waals surface area contributed by atoms with Crippen molar-refractivity contribution >= 4 is 0 Å². The predicted molar refractivity (Wildman–Crippen MR) is 78.7 cm³/mol. The van der Waals surface area contributed by atoms with E-state index in [0.29, 0.717) is 18.2 Å². The van der Waals surface area contributed by atoms with Gasteiger partial charge in [-0.05, 0) is 32.0 Å². The molecule has 0 aliphatic heterocycles. The molecule has 0 aliphatic rings. The summed E-state index contributed by atoms with van der Waals surface area (Å²) in [5.74, 6) is 0. The van der Waals surface area contributed by atoms with Crippen molar-refractivity contribution in [1.82, 2.24) is 20.3 Å². The van der Waals surface area contributed by atoms with Crippen LogP contribution in [-0.2, 0) is 5.60 Å². The summed E-state index contributed by atoms with van der Waals surface area (Å²) in [6, 6.07) is 10.1. The number of hydrogen-bond donors (Lipinski definition) is 2. The Hall–Kier alpha value is -1.72. The first kappa shape index (κ1) is 14.7. The van der Waals surface area contributed by atoms with Gasteiger partial charge in [-0.3, -0.25) is 0 Å². The first-order valence-corrected chi connectivity index (χ1v) is 6.93. The lowest BCUT2D eigenvalue weighted by Gasteiger charge is -2.24. The van der Waals surface area contributed by atoms with Gasteiger partial charge in [0.15, 0.2) is 0 Å². The van der Waals surface area contributed by atoms with Crippen LogP contribution < -0.4 is 5.32 Å². The second-order valence-electron chi connectivity index (χ2n) is 5.50. The fraction of sp³-hybridized carbons (Fsp3) is 0.467. The summed E-state index contributed by atoms with van der Waals surface area (Å²) in [5.41, 5.74) is 0.632. The highest BCUT2D eigenvalue weighted by Gasteiger charge is 2.28. The van der Waals surface area contributed by atoms with Crippen LogP contribution in [0, 0.1) is 0 Å². The average Bonchev–Trinajstić information content (AvgIpc) is 2.89. The van der Waals surface area contributed by atoms with Crippen LogP contribution in [0.5, 0.6) is 0 Å². The number of aliphatic hydroxyl groups is 1. The molecule has 1 aromatic carbocycles. The zero-order chi connectivity index (χ0) is 14.6. The van der Waals surface area contributed by atoms with E-state index in [1.54, 1.807) is 17.8 Å². The molecule has 0 fully saturated rings. The third-order valence-electron chi connectivity index (χ3n) is 3.27. The van der Waals surface area contributed by atoms with E-state index in [2.05, 4.69) is 29.5 Å². The second kappa shape index (κ2) is 6.15. The maximum atomic E-state index is 10.7. The molecular weight excluding hydrogens is 252 g/mol. The van der Waals surface area contributed by atoms with E-state index in [1.165, 1.54) is 0 Å². The van der Waals surface area contributed by atoms with Crippen molar-refractivity contribution in [3.63, 3.8) is 0 Å². The molecule has 0 spiro atoms. The Morgan fingerprint density at radius 3 is 2.65 bits per heavy atom. The van der Waals surface area contributed by atoms with Crippen LogP contribution in [0.3, 0.4) is 0 Å². The van der Waals surface area contributed by atoms with Crippen molar-refractivity contribution in [2.75, 3.05) is 6.54 Å². The van der Waals surface area contributed by atoms with Gasteiger partial charge in [0.05, 0.1) is 17.6 Å². The van der Waals surface area contributed by atoms with Gasteiger partial charge in [-0.15, -0.1) is 5.10 Å².